The summed E-state index contributed by atoms with van der Waals surface area (Å²) in [5.41, 5.74) is 3.40. The van der Waals surface area contributed by atoms with Gasteiger partial charge in [-0.3, -0.25) is 0 Å². The quantitative estimate of drug-likeness (QED) is 0.148. The highest BCUT2D eigenvalue weighted by molar-refractivity contribution is 7.87. The Labute approximate surface area is 348 Å². The van der Waals surface area contributed by atoms with E-state index in [0.29, 0.717) is 0 Å². The fourth-order valence-electron chi connectivity index (χ4n) is 10.3. The van der Waals surface area contributed by atoms with Crippen LogP contribution in [0.5, 0.6) is 0 Å². The topological polar surface area (TPSA) is 20.3 Å². The molecule has 0 bridgehead atoms. The summed E-state index contributed by atoms with van der Waals surface area (Å²) in [6.45, 7) is 0. The zero-order valence-corrected chi connectivity index (χ0v) is 35.3. The Bertz CT molecular complexity index is 2850. The second kappa shape index (κ2) is 14.1. The van der Waals surface area contributed by atoms with Gasteiger partial charge in [-0.15, -0.1) is 0 Å². The number of anilines is 3. The molecule has 0 aromatic heterocycles. The molecule has 0 spiro atoms. The Hall–Kier alpha value is -6.56. The van der Waals surface area contributed by atoms with E-state index in [-0.39, 0.29) is 0 Å². The monoisotopic (exact) mass is 805 g/mol. The van der Waals surface area contributed by atoms with Crippen molar-refractivity contribution in [2.75, 3.05) is 4.90 Å². The molecule has 0 aliphatic carbocycles. The number of nitrogens with zero attached hydrogens (tertiary/aromatic N) is 1. The van der Waals surface area contributed by atoms with Crippen LogP contribution in [0.4, 0.5) is 17.1 Å². The van der Waals surface area contributed by atoms with Crippen LogP contribution in [0.1, 0.15) is 0 Å². The maximum atomic E-state index is 16.5. The Morgan fingerprint density at radius 3 is 1.00 bits per heavy atom. The molecule has 2 aliphatic rings. The van der Waals surface area contributed by atoms with Gasteiger partial charge in [0.25, 0.3) is 0 Å². The van der Waals surface area contributed by atoms with Crippen molar-refractivity contribution < 1.29 is 4.57 Å². The third kappa shape index (κ3) is 5.07. The second-order valence-electron chi connectivity index (χ2n) is 15.5. The Balaban J connectivity index is 1.11. The van der Waals surface area contributed by atoms with Crippen LogP contribution in [-0.2, 0) is 4.57 Å². The van der Waals surface area contributed by atoms with Gasteiger partial charge in [0.1, 0.15) is 0 Å². The van der Waals surface area contributed by atoms with Crippen LogP contribution in [0, 0.1) is 0 Å². The van der Waals surface area contributed by atoms with E-state index in [4.69, 9.17) is 0 Å². The van der Waals surface area contributed by atoms with Crippen molar-refractivity contribution in [3.05, 3.63) is 243 Å². The van der Waals surface area contributed by atoms with E-state index in [1.165, 1.54) is 52.9 Å². The summed E-state index contributed by atoms with van der Waals surface area (Å²) in [7, 11) is -8.93. The van der Waals surface area contributed by atoms with E-state index in [1.807, 2.05) is 0 Å². The summed E-state index contributed by atoms with van der Waals surface area (Å²) in [5, 5.41) is 13.1. The molecule has 0 radical (unpaired) electrons. The highest BCUT2D eigenvalue weighted by Gasteiger charge is 2.53. The molecule has 0 saturated heterocycles. The van der Waals surface area contributed by atoms with E-state index in [0.717, 1.165) is 21.6 Å². The fraction of sp³-hybridized carbons (Fsp3) is 0. The molecule has 9 aromatic rings. The maximum Gasteiger partial charge on any atom is 0.184 e. The van der Waals surface area contributed by atoms with Crippen molar-refractivity contribution in [3.8, 4) is 0 Å². The molecule has 2 aliphatic heterocycles. The van der Waals surface area contributed by atoms with Gasteiger partial charge in [0.15, 0.2) is 23.3 Å². The number of para-hydroxylation sites is 2. The zero-order chi connectivity index (χ0) is 39.4. The third-order valence-electron chi connectivity index (χ3n) is 12.7. The summed E-state index contributed by atoms with van der Waals surface area (Å²) in [6.07, 6.45) is 0. The van der Waals surface area contributed by atoms with Crippen LogP contribution < -0.4 is 62.3 Å². The molecule has 0 unspecified atom stereocenters. The van der Waals surface area contributed by atoms with Gasteiger partial charge in [-0.25, -0.2) is 0 Å². The lowest BCUT2D eigenvalue weighted by atomic mass is 10.2. The summed E-state index contributed by atoms with van der Waals surface area (Å²) in [4.78, 5) is 2.42. The molecule has 0 amide bonds. The molecular formula is C54H40NOPSi2. The van der Waals surface area contributed by atoms with Crippen molar-refractivity contribution in [2.24, 2.45) is 0 Å². The molecule has 0 fully saturated rings. The Morgan fingerprint density at radius 2 is 0.610 bits per heavy atom. The van der Waals surface area contributed by atoms with Gasteiger partial charge in [0.05, 0.1) is 0 Å². The SMILES string of the molecule is O=P1(c2ccc(N3c4ccccc4[Si](c4ccccc4)(c4ccccc4)c4ccccc43)cc2)c2ccccc2[Si](c2ccccc2)(c2ccccc2)c2ccccc21. The highest BCUT2D eigenvalue weighted by atomic mass is 31.2. The normalized spacial score (nSPS) is 15.2. The van der Waals surface area contributed by atoms with Crippen LogP contribution in [0.2, 0.25) is 0 Å². The molecule has 5 heteroatoms. The van der Waals surface area contributed by atoms with Gasteiger partial charge in [-0.2, -0.15) is 0 Å². The van der Waals surface area contributed by atoms with Crippen molar-refractivity contribution in [3.63, 3.8) is 0 Å². The summed E-state index contributed by atoms with van der Waals surface area (Å²) in [5.74, 6) is 0. The lowest BCUT2D eigenvalue weighted by molar-refractivity contribution is 0.592. The van der Waals surface area contributed by atoms with Crippen molar-refractivity contribution in [1.29, 1.82) is 0 Å². The summed E-state index contributed by atoms with van der Waals surface area (Å²) >= 11 is 0. The Kier molecular flexibility index (Phi) is 8.49. The third-order valence-corrected chi connectivity index (χ3v) is 26.0. The van der Waals surface area contributed by atoms with Gasteiger partial charge < -0.3 is 9.46 Å². The van der Waals surface area contributed by atoms with Gasteiger partial charge >= 0.3 is 0 Å². The van der Waals surface area contributed by atoms with Crippen LogP contribution in [0.3, 0.4) is 0 Å². The smallest absolute Gasteiger partial charge is 0.184 e. The van der Waals surface area contributed by atoms with E-state index in [2.05, 4.69) is 248 Å². The highest BCUT2D eigenvalue weighted by Crippen LogP contribution is 2.45. The lowest BCUT2D eigenvalue weighted by Crippen LogP contribution is -2.81. The summed E-state index contributed by atoms with van der Waals surface area (Å²) < 4.78 is 16.5. The molecule has 59 heavy (non-hydrogen) atoms. The number of benzene rings is 9. The first kappa shape index (κ1) is 35.6. The maximum absolute atomic E-state index is 16.5. The van der Waals surface area contributed by atoms with E-state index >= 15 is 4.57 Å². The fourth-order valence-corrected chi connectivity index (χ4v) is 25.1. The largest absolute Gasteiger partial charge is 0.311 e. The molecule has 9 aromatic carbocycles. The minimum Gasteiger partial charge on any atom is -0.311 e. The van der Waals surface area contributed by atoms with E-state index < -0.39 is 23.3 Å². The minimum atomic E-state index is -3.34. The molecule has 2 nitrogen and oxygen atoms in total. The molecule has 0 atom stereocenters. The number of fused-ring (bicyclic) bond motifs is 4. The molecule has 280 valence electrons. The zero-order valence-electron chi connectivity index (χ0n) is 32.4. The van der Waals surface area contributed by atoms with E-state index in [1.54, 1.807) is 0 Å². The number of hydrogen-bond acceptors (Lipinski definition) is 2. The minimum absolute atomic E-state index is 0.848. The van der Waals surface area contributed by atoms with Crippen LogP contribution in [-0.4, -0.2) is 16.1 Å². The first-order chi connectivity index (χ1) is 29.2. The molecule has 11 rings (SSSR count). The first-order valence-corrected chi connectivity index (χ1v) is 26.0. The molecule has 0 saturated carbocycles. The van der Waals surface area contributed by atoms with Crippen LogP contribution in [0.25, 0.3) is 0 Å². The summed E-state index contributed by atoms with van der Waals surface area (Å²) in [6, 6.07) is 88.0. The average Bonchev–Trinajstić information content (AvgIpc) is 3.32. The first-order valence-electron chi connectivity index (χ1n) is 20.3. The van der Waals surface area contributed by atoms with Crippen molar-refractivity contribution in [2.45, 2.75) is 0 Å². The van der Waals surface area contributed by atoms with Gasteiger partial charge in [-0.1, -0.05) is 206 Å². The predicted molar refractivity (Wildman–Crippen MR) is 255 cm³/mol. The predicted octanol–water partition coefficient (Wildman–Crippen LogP) is 6.18. The molecule has 2 heterocycles. The lowest BCUT2D eigenvalue weighted by Gasteiger charge is -2.45. The second-order valence-corrected chi connectivity index (χ2v) is 25.7. The average molecular weight is 806 g/mol. The van der Waals surface area contributed by atoms with Crippen molar-refractivity contribution >= 4 is 97.8 Å². The van der Waals surface area contributed by atoms with Crippen molar-refractivity contribution in [1.82, 2.24) is 0 Å². The number of rotatable bonds is 6. The van der Waals surface area contributed by atoms with Crippen LogP contribution in [0.15, 0.2) is 243 Å². The molecule has 0 N–H and O–H groups in total. The number of hydrogen-bond donors (Lipinski definition) is 0. The molecular weight excluding hydrogens is 766 g/mol. The standard InChI is InChI=1S/C54H40NOPSi2/c56-57(49-31-15-19-35-53(49)59(45-25-9-3-10-26-45,46-27-11-4-12-28-46)54-36-20-16-32-50(54)57)42-39-37-41(38-40-42)55-47-29-13-17-33-51(47)58(43-21-5-1-6-22-43,44-23-7-2-8-24-44)52-34-18-14-30-48(52)55/h1-40H. The Morgan fingerprint density at radius 1 is 0.305 bits per heavy atom. The van der Waals surface area contributed by atoms with Gasteiger partial charge in [0.2, 0.25) is 0 Å². The van der Waals surface area contributed by atoms with Crippen LogP contribution >= 0.6 is 7.14 Å². The van der Waals surface area contributed by atoms with Gasteiger partial charge in [-0.05, 0) is 77.9 Å². The van der Waals surface area contributed by atoms with E-state index in [9.17, 15) is 0 Å². The van der Waals surface area contributed by atoms with Gasteiger partial charge in [0, 0.05) is 33.0 Å².